The van der Waals surface area contributed by atoms with Gasteiger partial charge in [0.25, 0.3) is 0 Å². The molecule has 1 saturated carbocycles. The van der Waals surface area contributed by atoms with Gasteiger partial charge in [-0.15, -0.1) is 0 Å². The van der Waals surface area contributed by atoms with Gasteiger partial charge in [0.15, 0.2) is 5.78 Å². The van der Waals surface area contributed by atoms with Crippen molar-refractivity contribution < 1.29 is 9.53 Å². The number of carbonyl (C=O) groups excluding carboxylic acids is 1. The smallest absolute Gasteiger partial charge is 0.157 e. The van der Waals surface area contributed by atoms with Crippen molar-refractivity contribution in [2.24, 2.45) is 5.92 Å². The monoisotopic (exact) mass is 271 g/mol. The van der Waals surface area contributed by atoms with Gasteiger partial charge in [0.2, 0.25) is 0 Å². The van der Waals surface area contributed by atoms with Crippen LogP contribution in [0.3, 0.4) is 0 Å². The summed E-state index contributed by atoms with van der Waals surface area (Å²) in [7, 11) is 1.58. The second-order valence-electron chi connectivity index (χ2n) is 5.54. The molecule has 1 atom stereocenters. The van der Waals surface area contributed by atoms with Crippen LogP contribution in [-0.4, -0.2) is 12.9 Å². The first-order chi connectivity index (χ1) is 9.67. The molecular weight excluding hydrogens is 250 g/mol. The molecule has 0 heterocycles. The minimum Gasteiger partial charge on any atom is -0.496 e. The van der Waals surface area contributed by atoms with Crippen molar-refractivity contribution in [2.75, 3.05) is 7.11 Å². The topological polar surface area (TPSA) is 50.1 Å². The molecule has 0 spiro atoms. The van der Waals surface area contributed by atoms with Crippen molar-refractivity contribution in [3.63, 3.8) is 0 Å². The highest BCUT2D eigenvalue weighted by Gasteiger charge is 2.31. The fourth-order valence-electron chi connectivity index (χ4n) is 2.99. The molecule has 106 valence electrons. The molecule has 1 aliphatic rings. The van der Waals surface area contributed by atoms with E-state index in [1.165, 1.54) is 6.42 Å². The van der Waals surface area contributed by atoms with E-state index in [0.29, 0.717) is 11.3 Å². The normalized spacial score (nSPS) is 17.2. The van der Waals surface area contributed by atoms with Crippen molar-refractivity contribution in [3.8, 4) is 11.8 Å². The van der Waals surface area contributed by atoms with Gasteiger partial charge in [0, 0.05) is 11.5 Å². The zero-order valence-corrected chi connectivity index (χ0v) is 12.2. The van der Waals surface area contributed by atoms with E-state index in [4.69, 9.17) is 4.74 Å². The molecule has 1 fully saturated rings. The van der Waals surface area contributed by atoms with E-state index in [-0.39, 0.29) is 11.7 Å². The van der Waals surface area contributed by atoms with Crippen molar-refractivity contribution in [3.05, 3.63) is 29.3 Å². The number of carbonyl (C=O) groups is 1. The quantitative estimate of drug-likeness (QED) is 0.837. The Hall–Kier alpha value is -1.82. The predicted molar refractivity (Wildman–Crippen MR) is 77.7 cm³/mol. The van der Waals surface area contributed by atoms with Crippen LogP contribution in [0, 0.1) is 24.2 Å². The number of benzene rings is 1. The minimum atomic E-state index is -0.701. The number of ether oxygens (including phenoxy) is 1. The standard InChI is InChI=1S/C17H21NO2/c1-12-8-9-16(20-2)14(10-12)15(11-18)17(19)13-6-4-3-5-7-13/h8-10,13,15H,3-7H2,1-2H3. The molecule has 20 heavy (non-hydrogen) atoms. The second kappa shape index (κ2) is 6.56. The Balaban J connectivity index is 2.30. The van der Waals surface area contributed by atoms with E-state index in [2.05, 4.69) is 6.07 Å². The summed E-state index contributed by atoms with van der Waals surface area (Å²) in [6, 6.07) is 7.85. The van der Waals surface area contributed by atoms with E-state index in [1.807, 2.05) is 25.1 Å². The average molecular weight is 271 g/mol. The number of rotatable bonds is 4. The molecule has 3 nitrogen and oxygen atoms in total. The second-order valence-corrected chi connectivity index (χ2v) is 5.54. The van der Waals surface area contributed by atoms with Crippen LogP contribution in [0.2, 0.25) is 0 Å². The Labute approximate surface area is 120 Å². The highest BCUT2D eigenvalue weighted by molar-refractivity contribution is 5.91. The van der Waals surface area contributed by atoms with Crippen LogP contribution in [0.1, 0.15) is 49.1 Å². The van der Waals surface area contributed by atoms with Crippen LogP contribution in [0.5, 0.6) is 5.75 Å². The Morgan fingerprint density at radius 2 is 2.05 bits per heavy atom. The molecule has 2 rings (SSSR count). The number of methoxy groups -OCH3 is 1. The maximum atomic E-state index is 12.6. The fourth-order valence-corrected chi connectivity index (χ4v) is 2.99. The largest absolute Gasteiger partial charge is 0.496 e. The highest BCUT2D eigenvalue weighted by Crippen LogP contribution is 2.34. The zero-order valence-electron chi connectivity index (χ0n) is 12.2. The van der Waals surface area contributed by atoms with E-state index < -0.39 is 5.92 Å². The van der Waals surface area contributed by atoms with Gasteiger partial charge in [-0.25, -0.2) is 0 Å². The third kappa shape index (κ3) is 3.01. The molecular formula is C17H21NO2. The first-order valence-corrected chi connectivity index (χ1v) is 7.25. The Kier molecular flexibility index (Phi) is 4.79. The first kappa shape index (κ1) is 14.6. The summed E-state index contributed by atoms with van der Waals surface area (Å²) in [4.78, 5) is 12.6. The predicted octanol–water partition coefficient (Wildman–Crippen LogP) is 3.76. The lowest BCUT2D eigenvalue weighted by atomic mass is 9.79. The molecule has 0 radical (unpaired) electrons. The molecule has 1 unspecified atom stereocenters. The summed E-state index contributed by atoms with van der Waals surface area (Å²) in [6.45, 7) is 1.96. The van der Waals surface area contributed by atoms with Crippen LogP contribution >= 0.6 is 0 Å². The van der Waals surface area contributed by atoms with Gasteiger partial charge in [-0.05, 0) is 25.8 Å². The Bertz CT molecular complexity index is 524. The Morgan fingerprint density at radius 3 is 2.65 bits per heavy atom. The summed E-state index contributed by atoms with van der Waals surface area (Å²) in [5.41, 5.74) is 1.75. The van der Waals surface area contributed by atoms with Crippen LogP contribution < -0.4 is 4.74 Å². The SMILES string of the molecule is COc1ccc(C)cc1C(C#N)C(=O)C1CCCCC1. The van der Waals surface area contributed by atoms with Crippen LogP contribution in [0.4, 0.5) is 0 Å². The van der Waals surface area contributed by atoms with E-state index in [9.17, 15) is 10.1 Å². The van der Waals surface area contributed by atoms with Gasteiger partial charge >= 0.3 is 0 Å². The number of nitriles is 1. The van der Waals surface area contributed by atoms with E-state index in [1.54, 1.807) is 7.11 Å². The molecule has 1 aromatic carbocycles. The lowest BCUT2D eigenvalue weighted by molar-refractivity contribution is -0.124. The number of Topliss-reactive ketones (excluding diaryl/α,β-unsaturated/α-hetero) is 1. The Morgan fingerprint density at radius 1 is 1.35 bits per heavy atom. The average Bonchev–Trinajstić information content (AvgIpc) is 2.49. The lowest BCUT2D eigenvalue weighted by Crippen LogP contribution is -2.24. The molecule has 1 aromatic rings. The van der Waals surface area contributed by atoms with Crippen LogP contribution in [-0.2, 0) is 4.79 Å². The molecule has 0 aliphatic heterocycles. The molecule has 0 saturated heterocycles. The van der Waals surface area contributed by atoms with Gasteiger partial charge in [0.1, 0.15) is 11.7 Å². The van der Waals surface area contributed by atoms with Gasteiger partial charge in [-0.2, -0.15) is 5.26 Å². The first-order valence-electron chi connectivity index (χ1n) is 7.25. The van der Waals surface area contributed by atoms with Crippen molar-refractivity contribution in [1.29, 1.82) is 5.26 Å². The summed E-state index contributed by atoms with van der Waals surface area (Å²) in [5, 5.41) is 9.46. The van der Waals surface area contributed by atoms with E-state index in [0.717, 1.165) is 31.2 Å². The number of aryl methyl sites for hydroxylation is 1. The molecule has 0 amide bonds. The summed E-state index contributed by atoms with van der Waals surface area (Å²) in [6.07, 6.45) is 5.24. The van der Waals surface area contributed by atoms with Crippen molar-refractivity contribution in [1.82, 2.24) is 0 Å². The maximum absolute atomic E-state index is 12.6. The molecule has 0 N–H and O–H groups in total. The lowest BCUT2D eigenvalue weighted by Gasteiger charge is -2.23. The summed E-state index contributed by atoms with van der Waals surface area (Å²) >= 11 is 0. The molecule has 3 heteroatoms. The van der Waals surface area contributed by atoms with Crippen LogP contribution in [0.15, 0.2) is 18.2 Å². The van der Waals surface area contributed by atoms with Crippen molar-refractivity contribution in [2.45, 2.75) is 44.9 Å². The number of hydrogen-bond acceptors (Lipinski definition) is 3. The van der Waals surface area contributed by atoms with Gasteiger partial charge in [-0.3, -0.25) is 4.79 Å². The van der Waals surface area contributed by atoms with E-state index >= 15 is 0 Å². The third-order valence-electron chi connectivity index (χ3n) is 4.12. The minimum absolute atomic E-state index is 0.0404. The van der Waals surface area contributed by atoms with Crippen LogP contribution in [0.25, 0.3) is 0 Å². The fraction of sp³-hybridized carbons (Fsp3) is 0.529. The van der Waals surface area contributed by atoms with Gasteiger partial charge in [-0.1, -0.05) is 37.0 Å². The highest BCUT2D eigenvalue weighted by atomic mass is 16.5. The number of nitrogens with zero attached hydrogens (tertiary/aromatic N) is 1. The zero-order chi connectivity index (χ0) is 14.5. The molecule has 0 aromatic heterocycles. The maximum Gasteiger partial charge on any atom is 0.157 e. The van der Waals surface area contributed by atoms with Gasteiger partial charge in [0.05, 0.1) is 13.2 Å². The van der Waals surface area contributed by atoms with Gasteiger partial charge < -0.3 is 4.74 Å². The third-order valence-corrected chi connectivity index (χ3v) is 4.12. The summed E-state index contributed by atoms with van der Waals surface area (Å²) < 4.78 is 5.32. The number of ketones is 1. The molecule has 0 bridgehead atoms. The molecule has 1 aliphatic carbocycles. The number of hydrogen-bond donors (Lipinski definition) is 0. The summed E-state index contributed by atoms with van der Waals surface area (Å²) in [5.74, 6) is 0.0361. The van der Waals surface area contributed by atoms with Crippen molar-refractivity contribution >= 4 is 5.78 Å².